The van der Waals surface area contributed by atoms with Crippen LogP contribution in [-0.2, 0) is 19.1 Å². The molecular weight excluding hydrogens is 498 g/mol. The lowest BCUT2D eigenvalue weighted by atomic mass is 9.79. The first-order chi connectivity index (χ1) is 18.8. The molecule has 2 aromatic carbocycles. The highest BCUT2D eigenvalue weighted by atomic mass is 16.5. The molecular formula is C30H33N3O6. The molecule has 9 heteroatoms. The topological polar surface area (TPSA) is 101 Å². The Morgan fingerprint density at radius 2 is 1.46 bits per heavy atom. The molecule has 1 aliphatic heterocycles. The lowest BCUT2D eigenvalue weighted by Gasteiger charge is -2.30. The summed E-state index contributed by atoms with van der Waals surface area (Å²) in [5.41, 5.74) is 4.56. The fourth-order valence-electron chi connectivity index (χ4n) is 4.78. The van der Waals surface area contributed by atoms with Crippen LogP contribution in [0.1, 0.15) is 39.2 Å². The van der Waals surface area contributed by atoms with E-state index in [1.807, 2.05) is 48.7 Å². The molecule has 0 spiro atoms. The summed E-state index contributed by atoms with van der Waals surface area (Å²) in [5.74, 6) is -0.752. The van der Waals surface area contributed by atoms with E-state index >= 15 is 0 Å². The summed E-state index contributed by atoms with van der Waals surface area (Å²) in [6.45, 7) is 7.45. The number of rotatable bonds is 9. The molecule has 0 amide bonds. The third-order valence-corrected chi connectivity index (χ3v) is 6.48. The first-order valence-electron chi connectivity index (χ1n) is 12.7. The summed E-state index contributed by atoms with van der Waals surface area (Å²) in [6.07, 6.45) is 1.84. The monoisotopic (exact) mass is 531 g/mol. The number of ether oxygens (including phenoxy) is 4. The number of methoxy groups -OCH3 is 2. The van der Waals surface area contributed by atoms with Crippen LogP contribution in [0.15, 0.2) is 77.3 Å². The van der Waals surface area contributed by atoms with Crippen molar-refractivity contribution < 1.29 is 28.5 Å². The van der Waals surface area contributed by atoms with E-state index in [0.717, 1.165) is 11.3 Å². The van der Waals surface area contributed by atoms with Crippen LogP contribution < -0.4 is 14.8 Å². The Kier molecular flexibility index (Phi) is 8.39. The summed E-state index contributed by atoms with van der Waals surface area (Å²) >= 11 is 0. The fraction of sp³-hybridized carbons (Fsp3) is 0.300. The van der Waals surface area contributed by atoms with Crippen molar-refractivity contribution in [2.45, 2.75) is 33.6 Å². The predicted molar refractivity (Wildman–Crippen MR) is 147 cm³/mol. The van der Waals surface area contributed by atoms with Crippen molar-refractivity contribution >= 4 is 11.9 Å². The zero-order chi connectivity index (χ0) is 28.1. The Bertz CT molecular complexity index is 1400. The average Bonchev–Trinajstić information content (AvgIpc) is 3.38. The summed E-state index contributed by atoms with van der Waals surface area (Å²) in [5, 5.41) is 8.12. The van der Waals surface area contributed by atoms with Crippen LogP contribution in [-0.4, -0.2) is 49.2 Å². The van der Waals surface area contributed by atoms with Gasteiger partial charge in [-0.15, -0.1) is 0 Å². The average molecular weight is 532 g/mol. The largest absolute Gasteiger partial charge is 0.493 e. The Morgan fingerprint density at radius 3 is 2.00 bits per heavy atom. The molecule has 0 saturated heterocycles. The fourth-order valence-corrected chi connectivity index (χ4v) is 4.78. The Balaban J connectivity index is 2.03. The molecule has 0 atom stereocenters. The molecule has 9 nitrogen and oxygen atoms in total. The van der Waals surface area contributed by atoms with E-state index in [1.54, 1.807) is 52.7 Å². The molecule has 39 heavy (non-hydrogen) atoms. The van der Waals surface area contributed by atoms with E-state index in [9.17, 15) is 9.59 Å². The van der Waals surface area contributed by atoms with E-state index < -0.39 is 17.9 Å². The predicted octanol–water partition coefficient (Wildman–Crippen LogP) is 4.92. The van der Waals surface area contributed by atoms with E-state index in [4.69, 9.17) is 24.0 Å². The van der Waals surface area contributed by atoms with Crippen LogP contribution in [0.4, 0.5) is 0 Å². The van der Waals surface area contributed by atoms with Gasteiger partial charge in [-0.05, 0) is 58.0 Å². The number of benzene rings is 2. The first-order valence-corrected chi connectivity index (χ1v) is 12.7. The molecule has 1 aromatic heterocycles. The SMILES string of the molecule is CCOC(=O)C1=C(C)NC(C)=C(C(=O)OCC)C1c1cn(-c2ccccc2)nc1-c1ccc(OC)c(OC)c1. The van der Waals surface area contributed by atoms with Crippen molar-refractivity contribution in [1.82, 2.24) is 15.1 Å². The van der Waals surface area contributed by atoms with Crippen molar-refractivity contribution in [3.05, 3.63) is 82.8 Å². The number of allylic oxidation sites excluding steroid dienone is 2. The number of para-hydroxylation sites is 1. The second-order valence-corrected chi connectivity index (χ2v) is 8.86. The molecule has 1 aliphatic rings. The molecule has 204 valence electrons. The molecule has 0 fully saturated rings. The summed E-state index contributed by atoms with van der Waals surface area (Å²) < 4.78 is 23.6. The maximum absolute atomic E-state index is 13.4. The highest BCUT2D eigenvalue weighted by Crippen LogP contribution is 2.44. The van der Waals surface area contributed by atoms with Gasteiger partial charge in [-0.3, -0.25) is 0 Å². The quantitative estimate of drug-likeness (QED) is 0.389. The molecule has 1 N–H and O–H groups in total. The van der Waals surface area contributed by atoms with Gasteiger partial charge in [0.1, 0.15) is 0 Å². The van der Waals surface area contributed by atoms with Crippen LogP contribution in [0.3, 0.4) is 0 Å². The molecule has 4 rings (SSSR count). The smallest absolute Gasteiger partial charge is 0.336 e. The van der Waals surface area contributed by atoms with Gasteiger partial charge < -0.3 is 24.3 Å². The van der Waals surface area contributed by atoms with Crippen molar-refractivity contribution in [2.75, 3.05) is 27.4 Å². The van der Waals surface area contributed by atoms with E-state index in [0.29, 0.717) is 45.3 Å². The van der Waals surface area contributed by atoms with Crippen LogP contribution in [0.5, 0.6) is 11.5 Å². The molecule has 0 saturated carbocycles. The van der Waals surface area contributed by atoms with Crippen molar-refractivity contribution in [2.24, 2.45) is 0 Å². The molecule has 0 unspecified atom stereocenters. The summed E-state index contributed by atoms with van der Waals surface area (Å²) in [7, 11) is 3.13. The van der Waals surface area contributed by atoms with Crippen LogP contribution in [0.25, 0.3) is 16.9 Å². The van der Waals surface area contributed by atoms with Gasteiger partial charge in [-0.2, -0.15) is 5.10 Å². The van der Waals surface area contributed by atoms with Crippen LogP contribution in [0, 0.1) is 0 Å². The molecule has 0 aliphatic carbocycles. The van der Waals surface area contributed by atoms with Gasteiger partial charge in [0.05, 0.1) is 55.9 Å². The first kappa shape index (κ1) is 27.5. The van der Waals surface area contributed by atoms with Crippen molar-refractivity contribution in [1.29, 1.82) is 0 Å². The minimum atomic E-state index is -0.801. The highest BCUT2D eigenvalue weighted by Gasteiger charge is 2.40. The lowest BCUT2D eigenvalue weighted by molar-refractivity contribution is -0.139. The van der Waals surface area contributed by atoms with E-state index in [2.05, 4.69) is 5.32 Å². The number of aromatic nitrogens is 2. The number of nitrogens with one attached hydrogen (secondary N) is 1. The second-order valence-electron chi connectivity index (χ2n) is 8.86. The van der Waals surface area contributed by atoms with E-state index in [1.165, 1.54) is 0 Å². The number of esters is 2. The van der Waals surface area contributed by atoms with Gasteiger partial charge in [0.2, 0.25) is 0 Å². The number of carbonyl (C=O) groups is 2. The molecule has 3 aromatic rings. The Hall–Kier alpha value is -4.53. The zero-order valence-corrected chi connectivity index (χ0v) is 23.0. The second kappa shape index (κ2) is 11.9. The van der Waals surface area contributed by atoms with Crippen LogP contribution in [0.2, 0.25) is 0 Å². The van der Waals surface area contributed by atoms with Crippen molar-refractivity contribution in [3.63, 3.8) is 0 Å². The van der Waals surface area contributed by atoms with E-state index in [-0.39, 0.29) is 13.2 Å². The number of hydrogen-bond acceptors (Lipinski definition) is 8. The van der Waals surface area contributed by atoms with Crippen LogP contribution >= 0.6 is 0 Å². The number of hydrogen-bond donors (Lipinski definition) is 1. The third-order valence-electron chi connectivity index (χ3n) is 6.48. The summed E-state index contributed by atoms with van der Waals surface area (Å²) in [4.78, 5) is 26.7. The zero-order valence-electron chi connectivity index (χ0n) is 23.0. The Labute approximate surface area is 228 Å². The molecule has 0 radical (unpaired) electrons. The molecule has 2 heterocycles. The number of carbonyl (C=O) groups excluding carboxylic acids is 2. The summed E-state index contributed by atoms with van der Waals surface area (Å²) in [6, 6.07) is 15.1. The normalized spacial score (nSPS) is 13.7. The minimum absolute atomic E-state index is 0.186. The molecule has 0 bridgehead atoms. The highest BCUT2D eigenvalue weighted by molar-refractivity contribution is 6.00. The van der Waals surface area contributed by atoms with Gasteiger partial charge in [0.25, 0.3) is 0 Å². The van der Waals surface area contributed by atoms with Gasteiger partial charge in [0.15, 0.2) is 11.5 Å². The standard InChI is InChI=1S/C30H33N3O6/c1-7-38-29(34)25-18(3)31-19(4)26(30(35)39-8-2)27(25)22-17-33(21-12-10-9-11-13-21)32-28(22)20-14-15-23(36-5)24(16-20)37-6/h9-17,27,31H,7-8H2,1-6H3. The lowest BCUT2D eigenvalue weighted by Crippen LogP contribution is -2.32. The van der Waals surface area contributed by atoms with Gasteiger partial charge in [-0.25, -0.2) is 14.3 Å². The van der Waals surface area contributed by atoms with Gasteiger partial charge in [-0.1, -0.05) is 18.2 Å². The van der Waals surface area contributed by atoms with Gasteiger partial charge >= 0.3 is 11.9 Å². The third kappa shape index (κ3) is 5.38. The van der Waals surface area contributed by atoms with Crippen molar-refractivity contribution in [3.8, 4) is 28.4 Å². The maximum Gasteiger partial charge on any atom is 0.336 e. The number of nitrogens with zero attached hydrogens (tertiary/aromatic N) is 2. The maximum atomic E-state index is 13.4. The van der Waals surface area contributed by atoms with Gasteiger partial charge in [0, 0.05) is 28.7 Å². The Morgan fingerprint density at radius 1 is 0.872 bits per heavy atom. The minimum Gasteiger partial charge on any atom is -0.493 e. The number of dihydropyridines is 1.